The number of nitrogens with one attached hydrogen (secondary N) is 1. The number of carbonyl (C=O) groups is 2. The van der Waals surface area contributed by atoms with E-state index >= 15 is 0 Å². The Labute approximate surface area is 154 Å². The number of benzene rings is 2. The fourth-order valence-electron chi connectivity index (χ4n) is 2.75. The minimum atomic E-state index is -0.537. The van der Waals surface area contributed by atoms with E-state index in [9.17, 15) is 14.0 Å². The van der Waals surface area contributed by atoms with Crippen molar-refractivity contribution >= 4 is 46.4 Å². The Morgan fingerprint density at radius 2 is 2.00 bits per heavy atom. The second-order valence-electron chi connectivity index (χ2n) is 5.74. The largest absolute Gasteiger partial charge is 0.324 e. The summed E-state index contributed by atoms with van der Waals surface area (Å²) in [6, 6.07) is 9.25. The Morgan fingerprint density at radius 3 is 2.68 bits per heavy atom. The van der Waals surface area contributed by atoms with Gasteiger partial charge < -0.3 is 10.2 Å². The van der Waals surface area contributed by atoms with Crippen molar-refractivity contribution in [2.75, 3.05) is 16.8 Å². The van der Waals surface area contributed by atoms with Crippen molar-refractivity contribution in [1.82, 2.24) is 0 Å². The van der Waals surface area contributed by atoms with E-state index in [0.717, 1.165) is 6.42 Å². The predicted molar refractivity (Wildman–Crippen MR) is 96.8 cm³/mol. The topological polar surface area (TPSA) is 49.4 Å². The Bertz CT molecular complexity index is 822. The van der Waals surface area contributed by atoms with Gasteiger partial charge in [0.25, 0.3) is 0 Å². The summed E-state index contributed by atoms with van der Waals surface area (Å²) >= 11 is 12.1. The molecule has 1 aliphatic heterocycles. The third-order valence-electron chi connectivity index (χ3n) is 4.01. The highest BCUT2D eigenvalue weighted by Gasteiger charge is 2.22. The summed E-state index contributed by atoms with van der Waals surface area (Å²) in [7, 11) is 0. The van der Waals surface area contributed by atoms with Crippen LogP contribution >= 0.6 is 23.2 Å². The maximum absolute atomic E-state index is 13.8. The highest BCUT2D eigenvalue weighted by Crippen LogP contribution is 2.30. The Hall–Kier alpha value is -2.11. The number of anilines is 2. The molecule has 0 unspecified atom stereocenters. The highest BCUT2D eigenvalue weighted by molar-refractivity contribution is 6.34. The maximum atomic E-state index is 13.8. The number of nitrogens with zero attached hydrogens (tertiary/aromatic N) is 1. The van der Waals surface area contributed by atoms with Crippen LogP contribution in [0.3, 0.4) is 0 Å². The third kappa shape index (κ3) is 3.94. The lowest BCUT2D eigenvalue weighted by Gasteiger charge is -2.17. The van der Waals surface area contributed by atoms with Crippen molar-refractivity contribution in [2.24, 2.45) is 0 Å². The molecule has 1 fully saturated rings. The lowest BCUT2D eigenvalue weighted by Crippen LogP contribution is -2.24. The zero-order valence-electron chi connectivity index (χ0n) is 13.2. The van der Waals surface area contributed by atoms with Gasteiger partial charge in [0, 0.05) is 29.2 Å². The van der Waals surface area contributed by atoms with E-state index in [1.807, 2.05) is 0 Å². The van der Waals surface area contributed by atoms with Crippen molar-refractivity contribution in [1.29, 1.82) is 0 Å². The van der Waals surface area contributed by atoms with Crippen LogP contribution in [0.15, 0.2) is 36.4 Å². The number of amides is 2. The summed E-state index contributed by atoms with van der Waals surface area (Å²) in [5.41, 5.74) is 1.17. The Morgan fingerprint density at radius 1 is 1.20 bits per heavy atom. The van der Waals surface area contributed by atoms with E-state index in [-0.39, 0.29) is 22.9 Å². The molecule has 1 aliphatic rings. The molecular formula is C18H15Cl2FN2O2. The number of hydrogen-bond acceptors (Lipinski definition) is 2. The first-order valence-electron chi connectivity index (χ1n) is 7.78. The van der Waals surface area contributed by atoms with Crippen molar-refractivity contribution in [3.05, 3.63) is 57.8 Å². The van der Waals surface area contributed by atoms with Crippen molar-refractivity contribution in [3.8, 4) is 0 Å². The van der Waals surface area contributed by atoms with Gasteiger partial charge in [0.05, 0.1) is 17.1 Å². The molecule has 1 saturated heterocycles. The molecule has 25 heavy (non-hydrogen) atoms. The van der Waals surface area contributed by atoms with Crippen LogP contribution in [-0.4, -0.2) is 18.4 Å². The van der Waals surface area contributed by atoms with Crippen molar-refractivity contribution in [3.63, 3.8) is 0 Å². The average molecular weight is 381 g/mol. The monoisotopic (exact) mass is 380 g/mol. The summed E-state index contributed by atoms with van der Waals surface area (Å²) in [4.78, 5) is 25.8. The molecule has 0 atom stereocenters. The number of halogens is 3. The van der Waals surface area contributed by atoms with Gasteiger partial charge in [-0.3, -0.25) is 9.59 Å². The smallest absolute Gasteiger partial charge is 0.229 e. The van der Waals surface area contributed by atoms with Crippen LogP contribution in [0.2, 0.25) is 10.0 Å². The Balaban J connectivity index is 1.78. The summed E-state index contributed by atoms with van der Waals surface area (Å²) in [6.45, 7) is 0.638. The van der Waals surface area contributed by atoms with Crippen LogP contribution in [0.25, 0.3) is 0 Å². The molecule has 130 valence electrons. The highest BCUT2D eigenvalue weighted by atomic mass is 35.5. The van der Waals surface area contributed by atoms with E-state index in [2.05, 4.69) is 5.32 Å². The van der Waals surface area contributed by atoms with Gasteiger partial charge in [0.1, 0.15) is 5.82 Å². The van der Waals surface area contributed by atoms with Gasteiger partial charge in [0.15, 0.2) is 0 Å². The first-order valence-corrected chi connectivity index (χ1v) is 8.54. The van der Waals surface area contributed by atoms with E-state index in [1.165, 1.54) is 18.2 Å². The second kappa shape index (κ2) is 7.42. The van der Waals surface area contributed by atoms with Crippen LogP contribution in [0.4, 0.5) is 15.8 Å². The summed E-state index contributed by atoms with van der Waals surface area (Å²) in [5.74, 6) is -0.943. The molecule has 0 radical (unpaired) electrons. The fraction of sp³-hybridized carbons (Fsp3) is 0.222. The van der Waals surface area contributed by atoms with Gasteiger partial charge in [-0.05, 0) is 36.8 Å². The molecule has 1 heterocycles. The summed E-state index contributed by atoms with van der Waals surface area (Å²) in [5, 5.41) is 3.19. The number of hydrogen-bond donors (Lipinski definition) is 1. The predicted octanol–water partition coefficient (Wildman–Crippen LogP) is 4.44. The Kier molecular flexibility index (Phi) is 5.25. The molecule has 0 aromatic heterocycles. The van der Waals surface area contributed by atoms with Crippen molar-refractivity contribution < 1.29 is 14.0 Å². The molecule has 2 amide bonds. The van der Waals surface area contributed by atoms with Gasteiger partial charge in [-0.1, -0.05) is 29.3 Å². The first kappa shape index (κ1) is 17.7. The molecule has 0 spiro atoms. The summed E-state index contributed by atoms with van der Waals surface area (Å²) < 4.78 is 13.8. The molecule has 0 aliphatic carbocycles. The molecule has 0 saturated carbocycles. The van der Waals surface area contributed by atoms with Gasteiger partial charge >= 0.3 is 0 Å². The third-order valence-corrected chi connectivity index (χ3v) is 4.69. The quantitative estimate of drug-likeness (QED) is 0.851. The molecule has 4 nitrogen and oxygen atoms in total. The van der Waals surface area contributed by atoms with Crippen LogP contribution < -0.4 is 10.2 Å². The lowest BCUT2D eigenvalue weighted by molar-refractivity contribution is -0.117. The zero-order chi connectivity index (χ0) is 18.0. The minimum Gasteiger partial charge on any atom is -0.324 e. The van der Waals surface area contributed by atoms with E-state index < -0.39 is 11.7 Å². The summed E-state index contributed by atoms with van der Waals surface area (Å²) in [6.07, 6.45) is 1.10. The van der Waals surface area contributed by atoms with Crippen LogP contribution in [0.5, 0.6) is 0 Å². The van der Waals surface area contributed by atoms with Crippen molar-refractivity contribution in [2.45, 2.75) is 19.3 Å². The zero-order valence-corrected chi connectivity index (χ0v) is 14.7. The molecule has 1 N–H and O–H groups in total. The fourth-order valence-corrected chi connectivity index (χ4v) is 3.15. The number of carbonyl (C=O) groups excluding carboxylic acids is 2. The van der Waals surface area contributed by atoms with Gasteiger partial charge in [-0.2, -0.15) is 0 Å². The molecule has 2 aromatic rings. The van der Waals surface area contributed by atoms with Gasteiger partial charge in [0.2, 0.25) is 11.8 Å². The molecule has 3 rings (SSSR count). The van der Waals surface area contributed by atoms with Crippen LogP contribution in [-0.2, 0) is 16.0 Å². The molecule has 7 heteroatoms. The average Bonchev–Trinajstić information content (AvgIpc) is 2.99. The first-order chi connectivity index (χ1) is 12.0. The molecule has 2 aromatic carbocycles. The van der Waals surface area contributed by atoms with Gasteiger partial charge in [-0.25, -0.2) is 4.39 Å². The minimum absolute atomic E-state index is 0.0396. The van der Waals surface area contributed by atoms with E-state index in [1.54, 1.807) is 23.1 Å². The van der Waals surface area contributed by atoms with E-state index in [0.29, 0.717) is 29.4 Å². The van der Waals surface area contributed by atoms with E-state index in [4.69, 9.17) is 23.2 Å². The van der Waals surface area contributed by atoms with Crippen LogP contribution in [0, 0.1) is 5.82 Å². The number of rotatable bonds is 4. The van der Waals surface area contributed by atoms with Gasteiger partial charge in [-0.15, -0.1) is 0 Å². The SMILES string of the molecule is O=C(Cc1c(F)cccc1Cl)Nc1cc(N2CCCC2=O)ccc1Cl. The second-order valence-corrected chi connectivity index (χ2v) is 6.55. The maximum Gasteiger partial charge on any atom is 0.229 e. The molecule has 0 bridgehead atoms. The normalized spacial score (nSPS) is 14.0. The lowest BCUT2D eigenvalue weighted by atomic mass is 10.1. The molecular weight excluding hydrogens is 366 g/mol. The van der Waals surface area contributed by atoms with Crippen LogP contribution in [0.1, 0.15) is 18.4 Å². The standard InChI is InChI=1S/C18H15Cl2FN2O2/c19-13-3-1-4-15(21)12(13)10-17(24)22-16-9-11(6-7-14(16)20)23-8-2-5-18(23)25/h1,3-4,6-7,9H,2,5,8,10H2,(H,22,24).